The van der Waals surface area contributed by atoms with E-state index in [0.717, 1.165) is 0 Å². The van der Waals surface area contributed by atoms with E-state index in [-0.39, 0.29) is 16.7 Å². The van der Waals surface area contributed by atoms with Crippen LogP contribution in [-0.4, -0.2) is 26.4 Å². The maximum Gasteiger partial charge on any atom is 0.234 e. The lowest BCUT2D eigenvalue weighted by Crippen LogP contribution is -2.14. The number of nitrogens with zero attached hydrogens (tertiary/aromatic N) is 3. The molecule has 3 rings (SSSR count). The molecule has 140 valence electrons. The number of amides is 1. The molecule has 5 nitrogen and oxygen atoms in total. The van der Waals surface area contributed by atoms with Gasteiger partial charge in [-0.05, 0) is 36.4 Å². The maximum absolute atomic E-state index is 13.2. The minimum atomic E-state index is -0.545. The minimum absolute atomic E-state index is 0.0572. The predicted molar refractivity (Wildman–Crippen MR) is 107 cm³/mol. The third kappa shape index (κ3) is 4.73. The van der Waals surface area contributed by atoms with Gasteiger partial charge in [0.1, 0.15) is 5.82 Å². The van der Waals surface area contributed by atoms with Crippen LogP contribution in [0.15, 0.2) is 41.6 Å². The van der Waals surface area contributed by atoms with Gasteiger partial charge in [0.15, 0.2) is 11.0 Å². The number of carbonyl (C=O) groups is 1. The predicted octanol–water partition coefficient (Wildman–Crippen LogP) is 5.31. The second-order valence-corrected chi connectivity index (χ2v) is 7.65. The zero-order valence-electron chi connectivity index (χ0n) is 13.8. The lowest BCUT2D eigenvalue weighted by Gasteiger charge is -2.07. The van der Waals surface area contributed by atoms with Gasteiger partial charge in [-0.1, -0.05) is 46.6 Å². The fraction of sp³-hybridized carbons (Fsp3) is 0.118. The lowest BCUT2D eigenvalue weighted by atomic mass is 10.2. The second-order valence-electron chi connectivity index (χ2n) is 5.46. The van der Waals surface area contributed by atoms with E-state index >= 15 is 0 Å². The van der Waals surface area contributed by atoms with Crippen LogP contribution in [0, 0.1) is 5.82 Å². The fourth-order valence-corrected chi connectivity index (χ4v) is 3.63. The first-order valence-corrected chi connectivity index (χ1v) is 9.69. The highest BCUT2D eigenvalue weighted by Crippen LogP contribution is 2.30. The average molecular weight is 446 g/mol. The van der Waals surface area contributed by atoms with Crippen LogP contribution < -0.4 is 5.32 Å². The number of thioether (sulfide) groups is 1. The van der Waals surface area contributed by atoms with Crippen molar-refractivity contribution in [3.8, 4) is 11.4 Å². The Morgan fingerprint density at radius 1 is 1.15 bits per heavy atom. The monoisotopic (exact) mass is 444 g/mol. The summed E-state index contributed by atoms with van der Waals surface area (Å²) in [5.41, 5.74) is 1.10. The molecule has 0 aliphatic rings. The second kappa shape index (κ2) is 8.48. The summed E-state index contributed by atoms with van der Waals surface area (Å²) >= 11 is 19.0. The molecule has 0 radical (unpaired) electrons. The number of benzene rings is 2. The molecule has 0 fully saturated rings. The van der Waals surface area contributed by atoms with Crippen molar-refractivity contribution in [3.63, 3.8) is 0 Å². The van der Waals surface area contributed by atoms with Gasteiger partial charge in [0.25, 0.3) is 0 Å². The van der Waals surface area contributed by atoms with Crippen LogP contribution >= 0.6 is 46.6 Å². The molecule has 1 N–H and O–H groups in total. The zero-order valence-corrected chi connectivity index (χ0v) is 16.9. The van der Waals surface area contributed by atoms with Gasteiger partial charge in [-0.15, -0.1) is 10.2 Å². The Kier molecular flexibility index (Phi) is 6.26. The number of aromatic nitrogens is 3. The van der Waals surface area contributed by atoms with Gasteiger partial charge >= 0.3 is 0 Å². The zero-order chi connectivity index (χ0) is 19.6. The van der Waals surface area contributed by atoms with Gasteiger partial charge in [0.05, 0.1) is 15.8 Å². The molecule has 1 amide bonds. The van der Waals surface area contributed by atoms with E-state index in [1.54, 1.807) is 29.8 Å². The largest absolute Gasteiger partial charge is 0.325 e. The van der Waals surface area contributed by atoms with Crippen molar-refractivity contribution in [2.45, 2.75) is 5.16 Å². The standard InChI is InChI=1S/C17H12Cl3FN4OS/c1-25-16(11-4-2-9(18)6-12(11)19)23-24-17(25)27-8-15(26)22-10-3-5-14(21)13(20)7-10/h2-7H,8H2,1H3,(H,22,26). The number of rotatable bonds is 5. The molecule has 0 aliphatic carbocycles. The average Bonchev–Trinajstić information content (AvgIpc) is 2.97. The third-order valence-electron chi connectivity index (χ3n) is 3.54. The Balaban J connectivity index is 1.67. The summed E-state index contributed by atoms with van der Waals surface area (Å²) in [6, 6.07) is 9.08. The highest BCUT2D eigenvalue weighted by Gasteiger charge is 2.15. The van der Waals surface area contributed by atoms with Crippen molar-refractivity contribution in [2.75, 3.05) is 11.1 Å². The van der Waals surface area contributed by atoms with Crippen molar-refractivity contribution in [2.24, 2.45) is 7.05 Å². The van der Waals surface area contributed by atoms with Crippen LogP contribution in [0.5, 0.6) is 0 Å². The summed E-state index contributed by atoms with van der Waals surface area (Å²) in [6.07, 6.45) is 0. The van der Waals surface area contributed by atoms with E-state index in [4.69, 9.17) is 34.8 Å². The van der Waals surface area contributed by atoms with Gasteiger partial charge < -0.3 is 9.88 Å². The Morgan fingerprint density at radius 2 is 1.93 bits per heavy atom. The maximum atomic E-state index is 13.2. The molecule has 0 saturated carbocycles. The first-order chi connectivity index (χ1) is 12.8. The van der Waals surface area contributed by atoms with Gasteiger partial charge in [0.2, 0.25) is 5.91 Å². The summed E-state index contributed by atoms with van der Waals surface area (Å²) in [5, 5.41) is 12.3. The molecule has 0 bridgehead atoms. The van der Waals surface area contributed by atoms with Crippen molar-refractivity contribution in [1.29, 1.82) is 0 Å². The molecule has 27 heavy (non-hydrogen) atoms. The first kappa shape index (κ1) is 19.9. The van der Waals surface area contributed by atoms with Crippen LogP contribution in [0.3, 0.4) is 0 Å². The van der Waals surface area contributed by atoms with Crippen LogP contribution in [0.1, 0.15) is 0 Å². The number of anilines is 1. The van der Waals surface area contributed by atoms with Crippen molar-refractivity contribution in [3.05, 3.63) is 57.3 Å². The minimum Gasteiger partial charge on any atom is -0.325 e. The van der Waals surface area contributed by atoms with E-state index < -0.39 is 5.82 Å². The molecule has 0 unspecified atom stereocenters. The number of carbonyl (C=O) groups excluding carboxylic acids is 1. The summed E-state index contributed by atoms with van der Waals surface area (Å²) in [6.45, 7) is 0. The Morgan fingerprint density at radius 3 is 2.63 bits per heavy atom. The van der Waals surface area contributed by atoms with Gasteiger partial charge in [-0.25, -0.2) is 4.39 Å². The van der Waals surface area contributed by atoms with Gasteiger partial charge in [-0.3, -0.25) is 4.79 Å². The molecule has 3 aromatic rings. The van der Waals surface area contributed by atoms with Crippen molar-refractivity contribution < 1.29 is 9.18 Å². The summed E-state index contributed by atoms with van der Waals surface area (Å²) < 4.78 is 14.9. The molecule has 1 aromatic heterocycles. The summed E-state index contributed by atoms with van der Waals surface area (Å²) in [4.78, 5) is 12.1. The molecule has 0 atom stereocenters. The molecule has 10 heteroatoms. The summed E-state index contributed by atoms with van der Waals surface area (Å²) in [5.74, 6) is -0.173. The molecule has 2 aromatic carbocycles. The van der Waals surface area contributed by atoms with Crippen LogP contribution in [0.2, 0.25) is 15.1 Å². The molecule has 0 spiro atoms. The number of hydrogen-bond acceptors (Lipinski definition) is 4. The van der Waals surface area contributed by atoms with Crippen molar-refractivity contribution >= 4 is 58.2 Å². The smallest absolute Gasteiger partial charge is 0.234 e. The van der Waals surface area contributed by atoms with Gasteiger partial charge in [-0.2, -0.15) is 0 Å². The van der Waals surface area contributed by atoms with E-state index in [1.807, 2.05) is 0 Å². The topological polar surface area (TPSA) is 59.8 Å². The van der Waals surface area contributed by atoms with E-state index in [1.165, 1.54) is 30.0 Å². The molecular weight excluding hydrogens is 434 g/mol. The number of hydrogen-bond donors (Lipinski definition) is 1. The van der Waals surface area contributed by atoms with Crippen LogP contribution in [-0.2, 0) is 11.8 Å². The van der Waals surface area contributed by atoms with Gasteiger partial charge in [0, 0.05) is 23.3 Å². The fourth-order valence-electron chi connectivity index (χ4n) is 2.25. The third-order valence-corrected chi connectivity index (χ3v) is 5.40. The van der Waals surface area contributed by atoms with E-state index in [2.05, 4.69) is 15.5 Å². The Labute approximate surface area is 173 Å². The number of halogens is 4. The molecule has 1 heterocycles. The Hall–Kier alpha value is -1.80. The van der Waals surface area contributed by atoms with E-state index in [0.29, 0.717) is 32.3 Å². The van der Waals surface area contributed by atoms with Crippen LogP contribution in [0.4, 0.5) is 10.1 Å². The molecular formula is C17H12Cl3FN4OS. The highest BCUT2D eigenvalue weighted by molar-refractivity contribution is 7.99. The molecule has 0 saturated heterocycles. The Bertz CT molecular complexity index is 1010. The quantitative estimate of drug-likeness (QED) is 0.541. The summed E-state index contributed by atoms with van der Waals surface area (Å²) in [7, 11) is 1.78. The number of nitrogens with one attached hydrogen (secondary N) is 1. The van der Waals surface area contributed by atoms with Crippen LogP contribution in [0.25, 0.3) is 11.4 Å². The lowest BCUT2D eigenvalue weighted by molar-refractivity contribution is -0.113. The molecule has 0 aliphatic heterocycles. The van der Waals surface area contributed by atoms with E-state index in [9.17, 15) is 9.18 Å². The normalized spacial score (nSPS) is 10.9. The first-order valence-electron chi connectivity index (χ1n) is 7.57. The SMILES string of the molecule is Cn1c(SCC(=O)Nc2ccc(F)c(Cl)c2)nnc1-c1ccc(Cl)cc1Cl. The highest BCUT2D eigenvalue weighted by atomic mass is 35.5. The van der Waals surface area contributed by atoms with Crippen molar-refractivity contribution in [1.82, 2.24) is 14.8 Å².